The Kier molecular flexibility index (Phi) is 5.96. The van der Waals surface area contributed by atoms with Gasteiger partial charge < -0.3 is 5.11 Å². The quantitative estimate of drug-likeness (QED) is 0.920. The van der Waals surface area contributed by atoms with Crippen LogP contribution >= 0.6 is 0 Å². The zero-order chi connectivity index (χ0) is 17.1. The first-order chi connectivity index (χ1) is 11.5. The number of likely N-dealkylation sites (tertiary alicyclic amines) is 2. The molecule has 134 valence electrons. The molecule has 0 aliphatic carbocycles. The van der Waals surface area contributed by atoms with Gasteiger partial charge in [0.15, 0.2) is 0 Å². The zero-order valence-corrected chi connectivity index (χ0v) is 15.7. The van der Waals surface area contributed by atoms with Crippen molar-refractivity contribution in [3.8, 4) is 0 Å². The second-order valence-electron chi connectivity index (χ2n) is 7.97. The third-order valence-electron chi connectivity index (χ3n) is 6.09. The van der Waals surface area contributed by atoms with E-state index in [1.807, 2.05) is 0 Å². The van der Waals surface area contributed by atoms with E-state index in [0.717, 1.165) is 26.1 Å². The van der Waals surface area contributed by atoms with Gasteiger partial charge in [-0.1, -0.05) is 25.0 Å². The minimum atomic E-state index is -0.205. The van der Waals surface area contributed by atoms with Gasteiger partial charge in [-0.25, -0.2) is 0 Å². The largest absolute Gasteiger partial charge is 0.390 e. The number of aliphatic hydroxyl groups is 1. The summed E-state index contributed by atoms with van der Waals surface area (Å²) in [7, 11) is 0. The van der Waals surface area contributed by atoms with Gasteiger partial charge in [0.05, 0.1) is 6.10 Å². The van der Waals surface area contributed by atoms with Crippen LogP contribution in [-0.4, -0.2) is 53.2 Å². The van der Waals surface area contributed by atoms with Crippen LogP contribution in [0.15, 0.2) is 12.1 Å². The predicted octanol–water partition coefficient (Wildman–Crippen LogP) is 3.42. The Labute approximate surface area is 147 Å². The molecule has 1 N–H and O–H groups in total. The van der Waals surface area contributed by atoms with Gasteiger partial charge in [0.2, 0.25) is 0 Å². The molecule has 3 rings (SSSR count). The van der Waals surface area contributed by atoms with Crippen molar-refractivity contribution in [3.05, 3.63) is 34.4 Å². The molecule has 0 saturated carbocycles. The minimum absolute atomic E-state index is 0.205. The standard InChI is InChI=1S/C21H34N2O/c1-16-12-18(3)19(13-17(16)2)14-22-11-8-20(21(24)15-22)23-9-6-4-5-7-10-23/h12-13,20-21,24H,4-11,14-15H2,1-3H3/t20-,21-/m1/s1. The van der Waals surface area contributed by atoms with Crippen LogP contribution in [0.25, 0.3) is 0 Å². The topological polar surface area (TPSA) is 26.7 Å². The molecule has 0 unspecified atom stereocenters. The summed E-state index contributed by atoms with van der Waals surface area (Å²) in [6.45, 7) is 11.8. The molecule has 0 amide bonds. The maximum absolute atomic E-state index is 10.7. The fraction of sp³-hybridized carbons (Fsp3) is 0.714. The Morgan fingerprint density at radius 3 is 2.25 bits per heavy atom. The Bertz CT molecular complexity index is 549. The van der Waals surface area contributed by atoms with Crippen molar-refractivity contribution in [1.29, 1.82) is 0 Å². The van der Waals surface area contributed by atoms with Crippen molar-refractivity contribution in [2.75, 3.05) is 26.2 Å². The second-order valence-corrected chi connectivity index (χ2v) is 7.97. The molecule has 1 aromatic rings. The lowest BCUT2D eigenvalue weighted by Crippen LogP contribution is -2.54. The van der Waals surface area contributed by atoms with Gasteiger partial charge in [0, 0.05) is 25.7 Å². The van der Waals surface area contributed by atoms with Crippen LogP contribution in [0.1, 0.15) is 54.4 Å². The molecule has 0 aromatic heterocycles. The summed E-state index contributed by atoms with van der Waals surface area (Å²) >= 11 is 0. The normalized spacial score (nSPS) is 27.2. The molecule has 0 bridgehead atoms. The molecule has 0 radical (unpaired) electrons. The Morgan fingerprint density at radius 1 is 0.917 bits per heavy atom. The highest BCUT2D eigenvalue weighted by Gasteiger charge is 2.32. The van der Waals surface area contributed by atoms with Crippen molar-refractivity contribution in [2.24, 2.45) is 0 Å². The summed E-state index contributed by atoms with van der Waals surface area (Å²) in [6, 6.07) is 5.00. The van der Waals surface area contributed by atoms with Crippen LogP contribution in [0, 0.1) is 20.8 Å². The first-order valence-corrected chi connectivity index (χ1v) is 9.76. The molecule has 2 aliphatic rings. The summed E-state index contributed by atoms with van der Waals surface area (Å²) in [5.41, 5.74) is 5.53. The number of rotatable bonds is 3. The number of benzene rings is 1. The van der Waals surface area contributed by atoms with Crippen molar-refractivity contribution in [3.63, 3.8) is 0 Å². The van der Waals surface area contributed by atoms with Crippen LogP contribution in [0.5, 0.6) is 0 Å². The third-order valence-corrected chi connectivity index (χ3v) is 6.09. The maximum Gasteiger partial charge on any atom is 0.0822 e. The SMILES string of the molecule is Cc1cc(C)c(CN2CC[C@@H](N3CCCCCC3)[C@H](O)C2)cc1C. The number of piperidine rings is 1. The fourth-order valence-electron chi connectivity index (χ4n) is 4.41. The number of nitrogens with zero attached hydrogens (tertiary/aromatic N) is 2. The predicted molar refractivity (Wildman–Crippen MR) is 100 cm³/mol. The van der Waals surface area contributed by atoms with E-state index in [2.05, 4.69) is 42.7 Å². The van der Waals surface area contributed by atoms with E-state index >= 15 is 0 Å². The molecule has 3 nitrogen and oxygen atoms in total. The van der Waals surface area contributed by atoms with Gasteiger partial charge in [0.1, 0.15) is 0 Å². The average molecular weight is 331 g/mol. The highest BCUT2D eigenvalue weighted by molar-refractivity contribution is 5.36. The van der Waals surface area contributed by atoms with E-state index in [-0.39, 0.29) is 6.10 Å². The zero-order valence-electron chi connectivity index (χ0n) is 15.7. The summed E-state index contributed by atoms with van der Waals surface area (Å²) in [5.74, 6) is 0. The molecule has 2 fully saturated rings. The number of aryl methyl sites for hydroxylation is 3. The van der Waals surface area contributed by atoms with Gasteiger partial charge in [-0.05, 0) is 75.4 Å². The molecular formula is C21H34N2O. The first-order valence-electron chi connectivity index (χ1n) is 9.76. The maximum atomic E-state index is 10.7. The Hall–Kier alpha value is -0.900. The summed E-state index contributed by atoms with van der Waals surface area (Å²) < 4.78 is 0. The number of β-amino-alcohol motifs (C(OH)–C–C–N with tert-alkyl or cyclic N) is 1. The van der Waals surface area contributed by atoms with Crippen molar-refractivity contribution in [2.45, 2.75) is 71.6 Å². The van der Waals surface area contributed by atoms with E-state index in [1.165, 1.54) is 61.0 Å². The highest BCUT2D eigenvalue weighted by atomic mass is 16.3. The van der Waals surface area contributed by atoms with E-state index in [1.54, 1.807) is 0 Å². The molecule has 2 saturated heterocycles. The van der Waals surface area contributed by atoms with Gasteiger partial charge in [-0.2, -0.15) is 0 Å². The van der Waals surface area contributed by atoms with Crippen LogP contribution in [0.2, 0.25) is 0 Å². The van der Waals surface area contributed by atoms with Gasteiger partial charge >= 0.3 is 0 Å². The first kappa shape index (κ1) is 17.9. The lowest BCUT2D eigenvalue weighted by molar-refractivity contribution is -0.0144. The van der Waals surface area contributed by atoms with Crippen molar-refractivity contribution in [1.82, 2.24) is 9.80 Å². The molecule has 2 heterocycles. The molecule has 0 spiro atoms. The van der Waals surface area contributed by atoms with E-state index in [0.29, 0.717) is 6.04 Å². The molecule has 3 heteroatoms. The van der Waals surface area contributed by atoms with E-state index in [9.17, 15) is 5.11 Å². The summed E-state index contributed by atoms with van der Waals surface area (Å²) in [6.07, 6.45) is 6.22. The van der Waals surface area contributed by atoms with Crippen LogP contribution in [0.4, 0.5) is 0 Å². The van der Waals surface area contributed by atoms with Crippen LogP contribution in [0.3, 0.4) is 0 Å². The van der Waals surface area contributed by atoms with Gasteiger partial charge in [0.25, 0.3) is 0 Å². The van der Waals surface area contributed by atoms with E-state index in [4.69, 9.17) is 0 Å². The van der Waals surface area contributed by atoms with Crippen LogP contribution in [-0.2, 0) is 6.54 Å². The lowest BCUT2D eigenvalue weighted by Gasteiger charge is -2.41. The minimum Gasteiger partial charge on any atom is -0.390 e. The summed E-state index contributed by atoms with van der Waals surface area (Å²) in [5, 5.41) is 10.7. The smallest absolute Gasteiger partial charge is 0.0822 e. The Morgan fingerprint density at radius 2 is 1.58 bits per heavy atom. The molecule has 2 aliphatic heterocycles. The van der Waals surface area contributed by atoms with E-state index < -0.39 is 0 Å². The molecular weight excluding hydrogens is 296 g/mol. The molecule has 2 atom stereocenters. The van der Waals surface area contributed by atoms with Gasteiger partial charge in [-0.15, -0.1) is 0 Å². The van der Waals surface area contributed by atoms with Crippen LogP contribution < -0.4 is 0 Å². The monoisotopic (exact) mass is 330 g/mol. The molecule has 1 aromatic carbocycles. The number of hydrogen-bond donors (Lipinski definition) is 1. The highest BCUT2D eigenvalue weighted by Crippen LogP contribution is 2.24. The Balaban J connectivity index is 1.60. The van der Waals surface area contributed by atoms with Gasteiger partial charge in [-0.3, -0.25) is 9.80 Å². The molecule has 24 heavy (non-hydrogen) atoms. The third kappa shape index (κ3) is 4.19. The van der Waals surface area contributed by atoms with Crippen molar-refractivity contribution >= 4 is 0 Å². The fourth-order valence-corrected chi connectivity index (χ4v) is 4.41. The second kappa shape index (κ2) is 7.99. The number of hydrogen-bond acceptors (Lipinski definition) is 3. The average Bonchev–Trinajstić information content (AvgIpc) is 2.82. The summed E-state index contributed by atoms with van der Waals surface area (Å²) in [4.78, 5) is 5.01. The number of aliphatic hydroxyl groups excluding tert-OH is 1. The lowest BCUT2D eigenvalue weighted by atomic mass is 9.97. The van der Waals surface area contributed by atoms with Crippen molar-refractivity contribution < 1.29 is 5.11 Å².